The van der Waals surface area contributed by atoms with Crippen molar-refractivity contribution in [1.29, 1.82) is 0 Å². The summed E-state index contributed by atoms with van der Waals surface area (Å²) in [6.45, 7) is 1.37. The van der Waals surface area contributed by atoms with Gasteiger partial charge in [-0.25, -0.2) is 0 Å². The van der Waals surface area contributed by atoms with Gasteiger partial charge < -0.3 is 15.2 Å². The SMILES string of the molecule is Cl.NCCOc1ccc(-c2cccc(Cl)c2)cc1OCc1ccccc1. The van der Waals surface area contributed by atoms with Crippen LogP contribution in [0, 0.1) is 0 Å². The smallest absolute Gasteiger partial charge is 0.162 e. The molecule has 3 nitrogen and oxygen atoms in total. The van der Waals surface area contributed by atoms with Crippen LogP contribution in [-0.4, -0.2) is 13.2 Å². The fourth-order valence-electron chi connectivity index (χ4n) is 2.49. The average Bonchev–Trinajstić information content (AvgIpc) is 2.66. The van der Waals surface area contributed by atoms with E-state index < -0.39 is 0 Å². The number of hydrogen-bond acceptors (Lipinski definition) is 3. The maximum atomic E-state index is 6.11. The molecule has 5 heteroatoms. The largest absolute Gasteiger partial charge is 0.488 e. The number of halogens is 2. The van der Waals surface area contributed by atoms with Crippen LogP contribution in [0.5, 0.6) is 11.5 Å². The second-order valence-electron chi connectivity index (χ2n) is 5.58. The summed E-state index contributed by atoms with van der Waals surface area (Å²) < 4.78 is 11.7. The van der Waals surface area contributed by atoms with E-state index in [0.717, 1.165) is 16.7 Å². The summed E-state index contributed by atoms with van der Waals surface area (Å²) in [5.41, 5.74) is 8.70. The Morgan fingerprint density at radius 2 is 1.54 bits per heavy atom. The van der Waals surface area contributed by atoms with Gasteiger partial charge in [-0.2, -0.15) is 0 Å². The maximum Gasteiger partial charge on any atom is 0.162 e. The maximum absolute atomic E-state index is 6.11. The van der Waals surface area contributed by atoms with Crippen molar-refractivity contribution in [3.63, 3.8) is 0 Å². The van der Waals surface area contributed by atoms with Gasteiger partial charge in [0.2, 0.25) is 0 Å². The Balaban J connectivity index is 0.00000243. The lowest BCUT2D eigenvalue weighted by atomic mass is 10.1. The quantitative estimate of drug-likeness (QED) is 0.592. The van der Waals surface area contributed by atoms with E-state index in [1.165, 1.54) is 0 Å². The van der Waals surface area contributed by atoms with Gasteiger partial charge in [-0.1, -0.05) is 60.1 Å². The van der Waals surface area contributed by atoms with E-state index in [1.807, 2.05) is 72.8 Å². The molecule has 0 aliphatic carbocycles. The van der Waals surface area contributed by atoms with Gasteiger partial charge in [-0.05, 0) is 41.0 Å². The van der Waals surface area contributed by atoms with Crippen LogP contribution < -0.4 is 15.2 Å². The molecule has 0 radical (unpaired) electrons. The Kier molecular flexibility index (Phi) is 7.79. The summed E-state index contributed by atoms with van der Waals surface area (Å²) in [7, 11) is 0. The highest BCUT2D eigenvalue weighted by molar-refractivity contribution is 6.30. The molecular weight excluding hydrogens is 369 g/mol. The average molecular weight is 390 g/mol. The monoisotopic (exact) mass is 389 g/mol. The van der Waals surface area contributed by atoms with Crippen molar-refractivity contribution in [3.05, 3.63) is 83.4 Å². The third kappa shape index (κ3) is 5.40. The minimum Gasteiger partial charge on any atom is -0.488 e. The van der Waals surface area contributed by atoms with Crippen molar-refractivity contribution in [2.45, 2.75) is 6.61 Å². The van der Waals surface area contributed by atoms with Gasteiger partial charge in [0.25, 0.3) is 0 Å². The highest BCUT2D eigenvalue weighted by Crippen LogP contribution is 2.34. The molecule has 136 valence electrons. The van der Waals surface area contributed by atoms with E-state index >= 15 is 0 Å². The van der Waals surface area contributed by atoms with Crippen LogP contribution in [0.2, 0.25) is 5.02 Å². The predicted octanol–water partition coefficient (Wildman–Crippen LogP) is 5.35. The zero-order chi connectivity index (χ0) is 17.5. The highest BCUT2D eigenvalue weighted by atomic mass is 35.5. The molecule has 0 aromatic heterocycles. The molecule has 3 rings (SSSR count). The van der Waals surface area contributed by atoms with Crippen LogP contribution in [0.3, 0.4) is 0 Å². The van der Waals surface area contributed by atoms with Gasteiger partial charge in [-0.3, -0.25) is 0 Å². The van der Waals surface area contributed by atoms with E-state index in [-0.39, 0.29) is 12.4 Å². The van der Waals surface area contributed by atoms with Crippen LogP contribution in [0.4, 0.5) is 0 Å². The Morgan fingerprint density at radius 3 is 2.27 bits per heavy atom. The molecule has 2 N–H and O–H groups in total. The summed E-state index contributed by atoms with van der Waals surface area (Å²) >= 11 is 6.11. The molecule has 3 aromatic rings. The van der Waals surface area contributed by atoms with Crippen molar-refractivity contribution >= 4 is 24.0 Å². The topological polar surface area (TPSA) is 44.5 Å². The molecule has 0 aliphatic rings. The minimum atomic E-state index is 0. The molecule has 26 heavy (non-hydrogen) atoms. The zero-order valence-corrected chi connectivity index (χ0v) is 15.8. The molecule has 0 fully saturated rings. The van der Waals surface area contributed by atoms with Gasteiger partial charge in [-0.15, -0.1) is 12.4 Å². The fourth-order valence-corrected chi connectivity index (χ4v) is 2.68. The summed E-state index contributed by atoms with van der Waals surface area (Å²) in [4.78, 5) is 0. The predicted molar refractivity (Wildman–Crippen MR) is 109 cm³/mol. The standard InChI is InChI=1S/C21H20ClNO2.ClH/c22-19-8-4-7-17(13-19)18-9-10-20(24-12-11-23)21(14-18)25-15-16-5-2-1-3-6-16;/h1-10,13-14H,11-12,15,23H2;1H. The summed E-state index contributed by atoms with van der Waals surface area (Å²) in [6, 6.07) is 23.6. The molecule has 3 aromatic carbocycles. The zero-order valence-electron chi connectivity index (χ0n) is 14.2. The van der Waals surface area contributed by atoms with E-state index in [9.17, 15) is 0 Å². The van der Waals surface area contributed by atoms with E-state index in [4.69, 9.17) is 26.8 Å². The molecule has 0 saturated carbocycles. The van der Waals surface area contributed by atoms with E-state index in [1.54, 1.807) is 0 Å². The highest BCUT2D eigenvalue weighted by Gasteiger charge is 2.09. The Hall–Kier alpha value is -2.20. The van der Waals surface area contributed by atoms with E-state index in [2.05, 4.69) is 0 Å². The molecule has 0 aliphatic heterocycles. The van der Waals surface area contributed by atoms with Crippen molar-refractivity contribution in [3.8, 4) is 22.6 Å². The summed E-state index contributed by atoms with van der Waals surface area (Å²) in [6.07, 6.45) is 0. The third-order valence-electron chi connectivity index (χ3n) is 3.71. The molecule has 0 amide bonds. The molecule has 0 saturated heterocycles. The molecule has 0 unspecified atom stereocenters. The lowest BCUT2D eigenvalue weighted by molar-refractivity contribution is 0.266. The Bertz CT molecular complexity index is 825. The molecule has 0 bridgehead atoms. The van der Waals surface area contributed by atoms with Crippen molar-refractivity contribution in [1.82, 2.24) is 0 Å². The first kappa shape index (κ1) is 20.1. The van der Waals surface area contributed by atoms with Crippen LogP contribution >= 0.6 is 24.0 Å². The lowest BCUT2D eigenvalue weighted by Gasteiger charge is -2.14. The van der Waals surface area contributed by atoms with Crippen LogP contribution in [0.15, 0.2) is 72.8 Å². The number of hydrogen-bond donors (Lipinski definition) is 1. The van der Waals surface area contributed by atoms with Gasteiger partial charge in [0, 0.05) is 11.6 Å². The first-order chi connectivity index (χ1) is 12.3. The first-order valence-corrected chi connectivity index (χ1v) is 8.53. The number of rotatable bonds is 7. The van der Waals surface area contributed by atoms with Gasteiger partial charge in [0.1, 0.15) is 13.2 Å². The van der Waals surface area contributed by atoms with E-state index in [0.29, 0.717) is 36.3 Å². The third-order valence-corrected chi connectivity index (χ3v) is 3.95. The molecule has 0 heterocycles. The molecule has 0 atom stereocenters. The number of benzene rings is 3. The van der Waals surface area contributed by atoms with Gasteiger partial charge in [0.05, 0.1) is 0 Å². The van der Waals surface area contributed by atoms with Crippen LogP contribution in [0.25, 0.3) is 11.1 Å². The first-order valence-electron chi connectivity index (χ1n) is 8.16. The number of ether oxygens (including phenoxy) is 2. The van der Waals surface area contributed by atoms with Crippen molar-refractivity contribution in [2.24, 2.45) is 5.73 Å². The van der Waals surface area contributed by atoms with Crippen LogP contribution in [0.1, 0.15) is 5.56 Å². The van der Waals surface area contributed by atoms with Gasteiger partial charge >= 0.3 is 0 Å². The van der Waals surface area contributed by atoms with Gasteiger partial charge in [0.15, 0.2) is 11.5 Å². The lowest BCUT2D eigenvalue weighted by Crippen LogP contribution is -2.11. The van der Waals surface area contributed by atoms with Crippen LogP contribution in [-0.2, 0) is 6.61 Å². The summed E-state index contributed by atoms with van der Waals surface area (Å²) in [5, 5.41) is 0.702. The molecular formula is C21H21Cl2NO2. The Morgan fingerprint density at radius 1 is 0.769 bits per heavy atom. The number of nitrogens with two attached hydrogens (primary N) is 1. The summed E-state index contributed by atoms with van der Waals surface area (Å²) in [5.74, 6) is 1.38. The normalized spacial score (nSPS) is 10.1. The fraction of sp³-hybridized carbons (Fsp3) is 0.143. The van der Waals surface area contributed by atoms with Crippen molar-refractivity contribution < 1.29 is 9.47 Å². The molecule has 0 spiro atoms. The van der Waals surface area contributed by atoms with Crippen molar-refractivity contribution in [2.75, 3.05) is 13.2 Å². The second-order valence-corrected chi connectivity index (χ2v) is 6.02. The second kappa shape index (κ2) is 10.1. The minimum absolute atomic E-state index is 0. The Labute approximate surface area is 165 Å².